The Morgan fingerprint density at radius 1 is 0.500 bits per heavy atom. The first-order valence-electron chi connectivity index (χ1n) is 13.5. The van der Waals surface area contributed by atoms with Crippen LogP contribution in [0.4, 0.5) is 17.1 Å². The van der Waals surface area contributed by atoms with Crippen molar-refractivity contribution < 1.29 is 0 Å². The molecule has 40 heavy (non-hydrogen) atoms. The summed E-state index contributed by atoms with van der Waals surface area (Å²) in [6.07, 6.45) is 2.00. The van der Waals surface area contributed by atoms with Crippen LogP contribution in [0.15, 0.2) is 146 Å². The number of thiazole rings is 1. The Morgan fingerprint density at radius 3 is 1.73 bits per heavy atom. The highest BCUT2D eigenvalue weighted by molar-refractivity contribution is 7.18. The molecule has 0 aliphatic rings. The van der Waals surface area contributed by atoms with Gasteiger partial charge >= 0.3 is 0 Å². The van der Waals surface area contributed by atoms with Crippen LogP contribution >= 0.6 is 11.3 Å². The van der Waals surface area contributed by atoms with Crippen LogP contribution in [0.5, 0.6) is 0 Å². The van der Waals surface area contributed by atoms with Crippen LogP contribution in [0.25, 0.3) is 53.3 Å². The van der Waals surface area contributed by atoms with Gasteiger partial charge in [-0.3, -0.25) is 0 Å². The number of rotatable bonds is 5. The van der Waals surface area contributed by atoms with E-state index in [-0.39, 0.29) is 0 Å². The normalized spacial score (nSPS) is 11.5. The molecule has 0 aliphatic carbocycles. The van der Waals surface area contributed by atoms with E-state index in [0.717, 1.165) is 16.4 Å². The fourth-order valence-electron chi connectivity index (χ4n) is 5.88. The molecule has 0 aliphatic heterocycles. The molecular formula is C37H24N2S. The van der Waals surface area contributed by atoms with Gasteiger partial charge in [-0.25, -0.2) is 4.98 Å². The molecule has 8 aromatic rings. The van der Waals surface area contributed by atoms with E-state index in [1.807, 2.05) is 6.20 Å². The lowest BCUT2D eigenvalue weighted by Gasteiger charge is -2.27. The van der Waals surface area contributed by atoms with E-state index in [4.69, 9.17) is 4.98 Å². The Morgan fingerprint density at radius 2 is 1.05 bits per heavy atom. The summed E-state index contributed by atoms with van der Waals surface area (Å²) in [5.41, 5.74) is 5.84. The standard InChI is InChI=1S/C37H24N2S/c1-4-10-25(11-5-1)34-24-38-37(40-34)31-21-17-26-18-22-32-33(23-19-27-16-20-30(31)35(26)36(27)32)39(28-12-6-2-7-13-28)29-14-8-3-9-15-29/h1-24H. The van der Waals surface area contributed by atoms with Gasteiger partial charge in [-0.15, -0.1) is 11.3 Å². The van der Waals surface area contributed by atoms with E-state index in [2.05, 4.69) is 144 Å². The van der Waals surface area contributed by atoms with Crippen molar-refractivity contribution in [2.24, 2.45) is 0 Å². The molecule has 7 aromatic carbocycles. The van der Waals surface area contributed by atoms with Crippen molar-refractivity contribution in [3.63, 3.8) is 0 Å². The first-order chi connectivity index (χ1) is 19.8. The van der Waals surface area contributed by atoms with Crippen molar-refractivity contribution in [2.75, 3.05) is 4.90 Å². The second-order valence-electron chi connectivity index (χ2n) is 10.0. The SMILES string of the molecule is c1ccc(-c2cnc(-c3ccc4ccc5c(N(c6ccccc6)c6ccccc6)ccc6ccc3c4c65)s2)cc1. The fraction of sp³-hybridized carbons (Fsp3) is 0. The maximum Gasteiger partial charge on any atom is 0.124 e. The summed E-state index contributed by atoms with van der Waals surface area (Å²) >= 11 is 1.75. The molecule has 0 fully saturated rings. The third kappa shape index (κ3) is 3.67. The summed E-state index contributed by atoms with van der Waals surface area (Å²) in [4.78, 5) is 8.43. The zero-order valence-corrected chi connectivity index (χ0v) is 22.5. The number of anilines is 3. The molecule has 0 radical (unpaired) electrons. The van der Waals surface area contributed by atoms with Crippen LogP contribution in [0, 0.1) is 0 Å². The Hall–Kier alpha value is -4.99. The van der Waals surface area contributed by atoms with Gasteiger partial charge in [0, 0.05) is 28.5 Å². The van der Waals surface area contributed by atoms with Crippen LogP contribution in [0.2, 0.25) is 0 Å². The third-order valence-electron chi connectivity index (χ3n) is 7.71. The van der Waals surface area contributed by atoms with Crippen LogP contribution < -0.4 is 4.90 Å². The van der Waals surface area contributed by atoms with E-state index >= 15 is 0 Å². The minimum absolute atomic E-state index is 1.05. The molecule has 0 spiro atoms. The minimum atomic E-state index is 1.05. The maximum absolute atomic E-state index is 4.88. The molecule has 0 saturated heterocycles. The van der Waals surface area contributed by atoms with E-state index in [9.17, 15) is 0 Å². The Labute approximate surface area is 236 Å². The monoisotopic (exact) mass is 528 g/mol. The minimum Gasteiger partial charge on any atom is -0.310 e. The highest BCUT2D eigenvalue weighted by atomic mass is 32.1. The summed E-state index contributed by atoms with van der Waals surface area (Å²) in [5.74, 6) is 0. The van der Waals surface area contributed by atoms with Gasteiger partial charge in [-0.05, 0) is 62.8 Å². The molecule has 0 amide bonds. The summed E-state index contributed by atoms with van der Waals surface area (Å²) in [5, 5.41) is 8.63. The van der Waals surface area contributed by atoms with Crippen LogP contribution in [-0.4, -0.2) is 4.98 Å². The molecule has 0 saturated carbocycles. The van der Waals surface area contributed by atoms with Gasteiger partial charge < -0.3 is 4.90 Å². The Balaban J connectivity index is 1.37. The lowest BCUT2D eigenvalue weighted by atomic mass is 9.91. The van der Waals surface area contributed by atoms with Crippen molar-refractivity contribution in [3.05, 3.63) is 146 Å². The van der Waals surface area contributed by atoms with Crippen molar-refractivity contribution in [1.29, 1.82) is 0 Å². The lowest BCUT2D eigenvalue weighted by Crippen LogP contribution is -2.10. The molecule has 1 aromatic heterocycles. The number of hydrogen-bond donors (Lipinski definition) is 0. The fourth-order valence-corrected chi connectivity index (χ4v) is 6.84. The highest BCUT2D eigenvalue weighted by Crippen LogP contribution is 2.46. The quantitative estimate of drug-likeness (QED) is 0.207. The summed E-state index contributed by atoms with van der Waals surface area (Å²) in [7, 11) is 0. The Bertz CT molecular complexity index is 2060. The van der Waals surface area contributed by atoms with Gasteiger partial charge in [0.1, 0.15) is 5.01 Å². The third-order valence-corrected chi connectivity index (χ3v) is 8.79. The smallest absolute Gasteiger partial charge is 0.124 e. The number of aromatic nitrogens is 1. The van der Waals surface area contributed by atoms with Gasteiger partial charge in [0.2, 0.25) is 0 Å². The second-order valence-corrected chi connectivity index (χ2v) is 11.1. The van der Waals surface area contributed by atoms with Gasteiger partial charge in [0.15, 0.2) is 0 Å². The van der Waals surface area contributed by atoms with Gasteiger partial charge in [0.25, 0.3) is 0 Å². The number of benzene rings is 7. The number of nitrogens with zero attached hydrogens (tertiary/aromatic N) is 2. The van der Waals surface area contributed by atoms with Gasteiger partial charge in [-0.2, -0.15) is 0 Å². The number of para-hydroxylation sites is 2. The molecule has 1 heterocycles. The lowest BCUT2D eigenvalue weighted by molar-refractivity contribution is 1.30. The van der Waals surface area contributed by atoms with Crippen LogP contribution in [0.3, 0.4) is 0 Å². The molecule has 3 heteroatoms. The molecule has 0 atom stereocenters. The highest BCUT2D eigenvalue weighted by Gasteiger charge is 2.19. The molecule has 0 N–H and O–H groups in total. The molecule has 2 nitrogen and oxygen atoms in total. The number of hydrogen-bond acceptors (Lipinski definition) is 3. The zero-order valence-electron chi connectivity index (χ0n) is 21.7. The topological polar surface area (TPSA) is 16.1 Å². The summed E-state index contributed by atoms with van der Waals surface area (Å²) in [6, 6.07) is 49.9. The van der Waals surface area contributed by atoms with Crippen molar-refractivity contribution in [1.82, 2.24) is 4.98 Å². The van der Waals surface area contributed by atoms with E-state index in [1.54, 1.807) is 11.3 Å². The van der Waals surface area contributed by atoms with Crippen molar-refractivity contribution >= 4 is 60.7 Å². The van der Waals surface area contributed by atoms with Gasteiger partial charge in [-0.1, -0.05) is 109 Å². The largest absolute Gasteiger partial charge is 0.310 e. The first kappa shape index (κ1) is 22.9. The predicted molar refractivity (Wildman–Crippen MR) is 171 cm³/mol. The van der Waals surface area contributed by atoms with Gasteiger partial charge in [0.05, 0.1) is 10.6 Å². The average Bonchev–Trinajstić information content (AvgIpc) is 3.52. The molecule has 0 unspecified atom stereocenters. The molecular weight excluding hydrogens is 504 g/mol. The average molecular weight is 529 g/mol. The summed E-state index contributed by atoms with van der Waals surface area (Å²) < 4.78 is 0. The van der Waals surface area contributed by atoms with Crippen molar-refractivity contribution in [3.8, 4) is 21.0 Å². The van der Waals surface area contributed by atoms with E-state index in [1.165, 1.54) is 54.0 Å². The summed E-state index contributed by atoms with van der Waals surface area (Å²) in [6.45, 7) is 0. The van der Waals surface area contributed by atoms with E-state index < -0.39 is 0 Å². The molecule has 0 bridgehead atoms. The first-order valence-corrected chi connectivity index (χ1v) is 14.3. The maximum atomic E-state index is 4.88. The predicted octanol–water partition coefficient (Wildman–Crippen LogP) is 10.8. The molecule has 8 rings (SSSR count). The van der Waals surface area contributed by atoms with Crippen molar-refractivity contribution in [2.45, 2.75) is 0 Å². The Kier molecular flexibility index (Phi) is 5.35. The zero-order chi connectivity index (χ0) is 26.5. The second kappa shape index (κ2) is 9.33. The van der Waals surface area contributed by atoms with E-state index in [0.29, 0.717) is 0 Å². The van der Waals surface area contributed by atoms with Crippen LogP contribution in [0.1, 0.15) is 0 Å². The van der Waals surface area contributed by atoms with Crippen LogP contribution in [-0.2, 0) is 0 Å². The molecule has 188 valence electrons.